The molecule has 0 saturated heterocycles. The Balaban J connectivity index is 1.59. The average Bonchev–Trinajstić information content (AvgIpc) is 3.17. The second kappa shape index (κ2) is 11.5. The largest absolute Gasteiger partial charge is 0.316 e. The van der Waals surface area contributed by atoms with E-state index >= 15 is 0 Å². The van der Waals surface area contributed by atoms with Gasteiger partial charge in [-0.25, -0.2) is 13.8 Å². The van der Waals surface area contributed by atoms with Crippen LogP contribution < -0.4 is 9.73 Å². The van der Waals surface area contributed by atoms with Crippen molar-refractivity contribution in [3.8, 4) is 5.69 Å². The van der Waals surface area contributed by atoms with Crippen LogP contribution in [0.2, 0.25) is 5.02 Å². The average molecular weight is 563 g/mol. The molecular weight excluding hydrogens is 532 g/mol. The molecule has 3 aromatic carbocycles. The van der Waals surface area contributed by atoms with E-state index < -0.39 is 22.5 Å². The van der Waals surface area contributed by atoms with E-state index in [-0.39, 0.29) is 4.90 Å². The molecule has 0 aliphatic carbocycles. The molecule has 4 rings (SSSR count). The molecule has 39 heavy (non-hydrogen) atoms. The van der Waals surface area contributed by atoms with Crippen LogP contribution in [0.3, 0.4) is 0 Å². The number of para-hydroxylation sites is 1. The molecule has 0 aliphatic rings. The molecular formula is C30H31ClN4O3S. The van der Waals surface area contributed by atoms with Gasteiger partial charge in [-0.3, -0.25) is 9.10 Å². The SMILES string of the molecule is Cc1ccc(S(=O)(=O)N(CC(=O)N/N=C\c2cc(C)n(-c3ccccc3Cl)c2C)c2cccc(C)c2C)cc1. The zero-order valence-electron chi connectivity index (χ0n) is 22.6. The highest BCUT2D eigenvalue weighted by Crippen LogP contribution is 2.29. The fourth-order valence-electron chi connectivity index (χ4n) is 4.40. The first-order chi connectivity index (χ1) is 18.5. The van der Waals surface area contributed by atoms with E-state index in [0.29, 0.717) is 10.7 Å². The van der Waals surface area contributed by atoms with Crippen LogP contribution in [0.4, 0.5) is 5.69 Å². The van der Waals surface area contributed by atoms with Gasteiger partial charge in [-0.15, -0.1) is 0 Å². The predicted molar refractivity (Wildman–Crippen MR) is 158 cm³/mol. The summed E-state index contributed by atoms with van der Waals surface area (Å²) in [6, 6.07) is 21.4. The lowest BCUT2D eigenvalue weighted by Crippen LogP contribution is -2.40. The van der Waals surface area contributed by atoms with Gasteiger partial charge in [0.05, 0.1) is 27.5 Å². The molecule has 1 amide bonds. The second-order valence-corrected chi connectivity index (χ2v) is 11.7. The van der Waals surface area contributed by atoms with Crippen LogP contribution in [0.1, 0.15) is 33.6 Å². The zero-order chi connectivity index (χ0) is 28.3. The lowest BCUT2D eigenvalue weighted by molar-refractivity contribution is -0.119. The Hall–Kier alpha value is -3.88. The van der Waals surface area contributed by atoms with Crippen molar-refractivity contribution in [3.05, 3.63) is 111 Å². The van der Waals surface area contributed by atoms with Gasteiger partial charge in [0, 0.05) is 17.0 Å². The third-order valence-electron chi connectivity index (χ3n) is 6.70. The molecule has 1 heterocycles. The number of carbonyl (C=O) groups excluding carboxylic acids is 1. The fourth-order valence-corrected chi connectivity index (χ4v) is 6.10. The predicted octanol–water partition coefficient (Wildman–Crippen LogP) is 6.02. The molecule has 0 saturated carbocycles. The van der Waals surface area contributed by atoms with E-state index in [2.05, 4.69) is 10.5 Å². The van der Waals surface area contributed by atoms with Gasteiger partial charge in [0.2, 0.25) is 0 Å². The quantitative estimate of drug-likeness (QED) is 0.210. The Kier molecular flexibility index (Phi) is 8.28. The summed E-state index contributed by atoms with van der Waals surface area (Å²) in [4.78, 5) is 13.1. The minimum Gasteiger partial charge on any atom is -0.316 e. The third-order valence-corrected chi connectivity index (χ3v) is 8.79. The number of anilines is 1. The number of sulfonamides is 1. The topological polar surface area (TPSA) is 83.8 Å². The molecule has 1 N–H and O–H groups in total. The molecule has 0 bridgehead atoms. The summed E-state index contributed by atoms with van der Waals surface area (Å²) in [7, 11) is -4.02. The summed E-state index contributed by atoms with van der Waals surface area (Å²) in [5.74, 6) is -0.567. The number of amides is 1. The molecule has 9 heteroatoms. The highest BCUT2D eigenvalue weighted by molar-refractivity contribution is 7.92. The Labute approximate surface area is 234 Å². The highest BCUT2D eigenvalue weighted by Gasteiger charge is 2.28. The van der Waals surface area contributed by atoms with E-state index in [4.69, 9.17) is 11.6 Å². The smallest absolute Gasteiger partial charge is 0.264 e. The van der Waals surface area contributed by atoms with Gasteiger partial charge in [0.15, 0.2) is 0 Å². The molecule has 0 spiro atoms. The number of benzene rings is 3. The van der Waals surface area contributed by atoms with Crippen LogP contribution in [0.25, 0.3) is 5.69 Å². The number of nitrogens with zero attached hydrogens (tertiary/aromatic N) is 3. The number of hydrogen-bond acceptors (Lipinski definition) is 4. The van der Waals surface area contributed by atoms with Crippen molar-refractivity contribution < 1.29 is 13.2 Å². The van der Waals surface area contributed by atoms with Gasteiger partial charge >= 0.3 is 0 Å². The van der Waals surface area contributed by atoms with Gasteiger partial charge in [-0.2, -0.15) is 5.10 Å². The second-order valence-electron chi connectivity index (χ2n) is 9.45. The van der Waals surface area contributed by atoms with Crippen LogP contribution >= 0.6 is 11.6 Å². The van der Waals surface area contributed by atoms with Gasteiger partial charge in [0.25, 0.3) is 15.9 Å². The maximum atomic E-state index is 13.7. The molecule has 1 aromatic heterocycles. The van der Waals surface area contributed by atoms with Crippen LogP contribution in [0.5, 0.6) is 0 Å². The first-order valence-electron chi connectivity index (χ1n) is 12.4. The maximum absolute atomic E-state index is 13.7. The van der Waals surface area contributed by atoms with Gasteiger partial charge in [-0.05, 0) is 82.1 Å². The molecule has 7 nitrogen and oxygen atoms in total. The minimum atomic E-state index is -4.02. The number of carbonyl (C=O) groups is 1. The van der Waals surface area contributed by atoms with Crippen LogP contribution in [-0.4, -0.2) is 31.7 Å². The highest BCUT2D eigenvalue weighted by atomic mass is 35.5. The van der Waals surface area contributed by atoms with E-state index in [1.807, 2.05) is 75.6 Å². The standard InChI is InChI=1S/C30H31ClN4O3S/c1-20-13-15-26(16-14-20)39(37,38)34(28-12-8-9-21(2)23(28)4)19-30(36)33-32-18-25-17-22(3)35(24(25)5)29-11-7-6-10-27(29)31/h6-18H,19H2,1-5H3,(H,33,36)/b32-18-. The zero-order valence-corrected chi connectivity index (χ0v) is 24.1. The summed E-state index contributed by atoms with van der Waals surface area (Å²) < 4.78 is 30.5. The molecule has 0 atom stereocenters. The fraction of sp³-hybridized carbons (Fsp3) is 0.200. The van der Waals surface area contributed by atoms with E-state index in [9.17, 15) is 13.2 Å². The van der Waals surface area contributed by atoms with Crippen molar-refractivity contribution in [1.29, 1.82) is 0 Å². The summed E-state index contributed by atoms with van der Waals surface area (Å²) in [5.41, 5.74) is 9.08. The molecule has 0 radical (unpaired) electrons. The molecule has 4 aromatic rings. The maximum Gasteiger partial charge on any atom is 0.264 e. The molecule has 202 valence electrons. The van der Waals surface area contributed by atoms with Crippen molar-refractivity contribution >= 4 is 39.4 Å². The summed E-state index contributed by atoms with van der Waals surface area (Å²) in [5, 5.41) is 4.76. The summed E-state index contributed by atoms with van der Waals surface area (Å²) in [6.07, 6.45) is 1.55. The first kappa shape index (κ1) is 28.1. The Morgan fingerprint density at radius 3 is 2.36 bits per heavy atom. The van der Waals surface area contributed by atoms with Crippen molar-refractivity contribution in [3.63, 3.8) is 0 Å². The van der Waals surface area contributed by atoms with E-state index in [1.165, 1.54) is 0 Å². The van der Waals surface area contributed by atoms with Crippen molar-refractivity contribution in [2.75, 3.05) is 10.8 Å². The van der Waals surface area contributed by atoms with Gasteiger partial charge in [-0.1, -0.05) is 53.6 Å². The molecule has 0 fully saturated rings. The summed E-state index contributed by atoms with van der Waals surface area (Å²) >= 11 is 6.40. The number of aromatic nitrogens is 1. The van der Waals surface area contributed by atoms with E-state index in [1.54, 1.807) is 42.6 Å². The van der Waals surface area contributed by atoms with Crippen LogP contribution in [0.15, 0.2) is 82.8 Å². The van der Waals surface area contributed by atoms with Crippen LogP contribution in [-0.2, 0) is 14.8 Å². The third kappa shape index (κ3) is 5.92. The lowest BCUT2D eigenvalue weighted by atomic mass is 10.1. The molecule has 0 aliphatic heterocycles. The lowest BCUT2D eigenvalue weighted by Gasteiger charge is -2.26. The number of rotatable bonds is 8. The van der Waals surface area contributed by atoms with Crippen molar-refractivity contribution in [2.45, 2.75) is 39.5 Å². The van der Waals surface area contributed by atoms with Crippen LogP contribution in [0, 0.1) is 34.6 Å². The number of hydrazone groups is 1. The number of nitrogens with one attached hydrogen (secondary N) is 1. The number of hydrogen-bond donors (Lipinski definition) is 1. The normalized spacial score (nSPS) is 11.6. The van der Waals surface area contributed by atoms with Gasteiger partial charge < -0.3 is 4.57 Å². The first-order valence-corrected chi connectivity index (χ1v) is 14.2. The van der Waals surface area contributed by atoms with Crippen molar-refractivity contribution in [1.82, 2.24) is 9.99 Å². The number of halogens is 1. The minimum absolute atomic E-state index is 0.109. The van der Waals surface area contributed by atoms with Gasteiger partial charge in [0.1, 0.15) is 6.54 Å². The van der Waals surface area contributed by atoms with E-state index in [0.717, 1.165) is 43.6 Å². The van der Waals surface area contributed by atoms with Crippen molar-refractivity contribution in [2.24, 2.45) is 5.10 Å². The summed E-state index contributed by atoms with van der Waals surface area (Å²) in [6.45, 7) is 9.10. The Morgan fingerprint density at radius 2 is 1.67 bits per heavy atom. The Morgan fingerprint density at radius 1 is 0.974 bits per heavy atom. The monoisotopic (exact) mass is 562 g/mol. The molecule has 0 unspecified atom stereocenters. The Bertz CT molecular complexity index is 1660. The number of aryl methyl sites for hydroxylation is 3.